The predicted molar refractivity (Wildman–Crippen MR) is 122 cm³/mol. The fraction of sp³-hybridized carbons (Fsp3) is 0.500. The molecule has 2 fully saturated rings. The van der Waals surface area contributed by atoms with E-state index in [4.69, 9.17) is 4.74 Å². The van der Waals surface area contributed by atoms with Crippen LogP contribution in [0.25, 0.3) is 0 Å². The largest absolute Gasteiger partial charge is 0.380 e. The molecule has 154 valence electrons. The molecular weight excluding hydrogens is 352 g/mol. The van der Waals surface area contributed by atoms with Gasteiger partial charge in [-0.1, -0.05) is 54.6 Å². The molecule has 0 aliphatic heterocycles. The van der Waals surface area contributed by atoms with Gasteiger partial charge in [-0.05, 0) is 97.3 Å². The molecule has 1 heteroatoms. The molecule has 1 nitrogen and oxygen atoms in total. The zero-order chi connectivity index (χ0) is 20.1. The van der Waals surface area contributed by atoms with E-state index < -0.39 is 0 Å². The summed E-state index contributed by atoms with van der Waals surface area (Å²) in [5.74, 6) is 2.97. The minimum Gasteiger partial charge on any atom is -0.380 e. The smallest absolute Gasteiger partial charge is 0.0713 e. The first-order valence-electron chi connectivity index (χ1n) is 11.6. The lowest BCUT2D eigenvalue weighted by molar-refractivity contribution is 0.185. The summed E-state index contributed by atoms with van der Waals surface area (Å²) >= 11 is 0. The third-order valence-electron chi connectivity index (χ3n) is 7.47. The number of rotatable bonds is 6. The standard InChI is InChI=1S/C28H36O/c1-3-21-4-8-23(9-5-21)25-12-16-27(17-13-25)28-18-14-26(15-19-28)24-10-6-22(7-11-24)20-29-2/h3,6-7,10-13,16-17,21,23,26,28H,1,4-5,8-9,14-15,18-20H2,2H3/t21-,23-,26?,28?. The van der Waals surface area contributed by atoms with Crippen molar-refractivity contribution in [2.75, 3.05) is 7.11 Å². The van der Waals surface area contributed by atoms with Gasteiger partial charge in [0.1, 0.15) is 0 Å². The highest BCUT2D eigenvalue weighted by Crippen LogP contribution is 2.41. The van der Waals surface area contributed by atoms with E-state index >= 15 is 0 Å². The molecule has 0 saturated heterocycles. The van der Waals surface area contributed by atoms with Crippen LogP contribution in [0.3, 0.4) is 0 Å². The minimum atomic E-state index is 0.707. The van der Waals surface area contributed by atoms with Crippen LogP contribution >= 0.6 is 0 Å². The maximum atomic E-state index is 5.23. The summed E-state index contributed by atoms with van der Waals surface area (Å²) in [6.45, 7) is 4.68. The van der Waals surface area contributed by atoms with Crippen molar-refractivity contribution in [2.24, 2.45) is 5.92 Å². The van der Waals surface area contributed by atoms with Crippen molar-refractivity contribution in [3.63, 3.8) is 0 Å². The van der Waals surface area contributed by atoms with Crippen LogP contribution in [-0.2, 0) is 11.3 Å². The monoisotopic (exact) mass is 388 g/mol. The van der Waals surface area contributed by atoms with Gasteiger partial charge < -0.3 is 4.74 Å². The van der Waals surface area contributed by atoms with Gasteiger partial charge in [0.2, 0.25) is 0 Å². The molecule has 0 bridgehead atoms. The lowest BCUT2D eigenvalue weighted by Crippen LogP contribution is -2.13. The summed E-state index contributed by atoms with van der Waals surface area (Å²) < 4.78 is 5.23. The second-order valence-electron chi connectivity index (χ2n) is 9.24. The van der Waals surface area contributed by atoms with Crippen LogP contribution in [0, 0.1) is 5.92 Å². The number of hydrogen-bond donors (Lipinski definition) is 0. The maximum absolute atomic E-state index is 5.23. The Kier molecular flexibility index (Phi) is 6.87. The van der Waals surface area contributed by atoms with Gasteiger partial charge in [-0.2, -0.15) is 0 Å². The summed E-state index contributed by atoms with van der Waals surface area (Å²) in [6.07, 6.45) is 12.7. The number of hydrogen-bond acceptors (Lipinski definition) is 1. The third-order valence-corrected chi connectivity index (χ3v) is 7.47. The Hall–Kier alpha value is -1.86. The molecular formula is C28H36O. The molecule has 2 aromatic rings. The van der Waals surface area contributed by atoms with Gasteiger partial charge >= 0.3 is 0 Å². The van der Waals surface area contributed by atoms with Gasteiger partial charge in [-0.15, -0.1) is 6.58 Å². The fourth-order valence-electron chi connectivity index (χ4n) is 5.54. The summed E-state index contributed by atoms with van der Waals surface area (Å²) in [5, 5.41) is 0. The van der Waals surface area contributed by atoms with Crippen molar-refractivity contribution in [1.29, 1.82) is 0 Å². The predicted octanol–water partition coefficient (Wildman–Crippen LogP) is 7.73. The second-order valence-corrected chi connectivity index (χ2v) is 9.24. The fourth-order valence-corrected chi connectivity index (χ4v) is 5.54. The third kappa shape index (κ3) is 5.01. The summed E-state index contributed by atoms with van der Waals surface area (Å²) in [6, 6.07) is 18.8. The van der Waals surface area contributed by atoms with E-state index in [-0.39, 0.29) is 0 Å². The highest BCUT2D eigenvalue weighted by Gasteiger charge is 2.24. The first-order valence-corrected chi connectivity index (χ1v) is 11.6. The number of benzene rings is 2. The van der Waals surface area contributed by atoms with E-state index in [2.05, 4.69) is 61.2 Å². The van der Waals surface area contributed by atoms with E-state index in [0.717, 1.165) is 23.7 Å². The molecule has 0 unspecified atom stereocenters. The average Bonchev–Trinajstić information content (AvgIpc) is 2.80. The van der Waals surface area contributed by atoms with Gasteiger partial charge in [0.15, 0.2) is 0 Å². The summed E-state index contributed by atoms with van der Waals surface area (Å²) in [4.78, 5) is 0. The molecule has 0 spiro atoms. The Labute approximate surface area is 177 Å². The Morgan fingerprint density at radius 2 is 1.07 bits per heavy atom. The quantitative estimate of drug-likeness (QED) is 0.460. The van der Waals surface area contributed by atoms with Crippen LogP contribution < -0.4 is 0 Å². The maximum Gasteiger partial charge on any atom is 0.0713 e. The van der Waals surface area contributed by atoms with E-state index in [1.165, 1.54) is 62.5 Å². The molecule has 0 atom stereocenters. The van der Waals surface area contributed by atoms with E-state index in [1.807, 2.05) is 0 Å². The highest BCUT2D eigenvalue weighted by molar-refractivity contribution is 5.30. The SMILES string of the molecule is C=C[C@H]1CC[C@H](c2ccc(C3CCC(c4ccc(COC)cc4)CC3)cc2)CC1. The van der Waals surface area contributed by atoms with Crippen molar-refractivity contribution >= 4 is 0 Å². The zero-order valence-electron chi connectivity index (χ0n) is 18.0. The Balaban J connectivity index is 1.31. The van der Waals surface area contributed by atoms with Gasteiger partial charge in [0, 0.05) is 7.11 Å². The highest BCUT2D eigenvalue weighted by atomic mass is 16.5. The minimum absolute atomic E-state index is 0.707. The van der Waals surface area contributed by atoms with Crippen LogP contribution in [0.2, 0.25) is 0 Å². The first-order chi connectivity index (χ1) is 14.3. The Bertz CT molecular complexity index is 757. The summed E-state index contributed by atoms with van der Waals surface area (Å²) in [5.41, 5.74) is 5.89. The van der Waals surface area contributed by atoms with Crippen molar-refractivity contribution in [1.82, 2.24) is 0 Å². The van der Waals surface area contributed by atoms with Gasteiger partial charge in [0.05, 0.1) is 6.61 Å². The van der Waals surface area contributed by atoms with Crippen LogP contribution in [0.5, 0.6) is 0 Å². The summed E-state index contributed by atoms with van der Waals surface area (Å²) in [7, 11) is 1.76. The van der Waals surface area contributed by atoms with E-state index in [0.29, 0.717) is 6.61 Å². The molecule has 0 heterocycles. The number of ether oxygens (including phenoxy) is 1. The lowest BCUT2D eigenvalue weighted by Gasteiger charge is -2.30. The van der Waals surface area contributed by atoms with Crippen LogP contribution in [-0.4, -0.2) is 7.11 Å². The lowest BCUT2D eigenvalue weighted by atomic mass is 9.75. The molecule has 0 amide bonds. The molecule has 0 N–H and O–H groups in total. The van der Waals surface area contributed by atoms with Crippen LogP contribution in [0.1, 0.15) is 91.4 Å². The normalized spacial score (nSPS) is 27.5. The van der Waals surface area contributed by atoms with E-state index in [1.54, 1.807) is 18.2 Å². The first kappa shape index (κ1) is 20.4. The molecule has 2 aliphatic rings. The molecule has 2 aliphatic carbocycles. The number of methoxy groups -OCH3 is 1. The topological polar surface area (TPSA) is 9.23 Å². The van der Waals surface area contributed by atoms with Gasteiger partial charge in [-0.25, -0.2) is 0 Å². The van der Waals surface area contributed by atoms with E-state index in [9.17, 15) is 0 Å². The van der Waals surface area contributed by atoms with Crippen molar-refractivity contribution in [2.45, 2.75) is 75.7 Å². The Morgan fingerprint density at radius 3 is 1.45 bits per heavy atom. The molecule has 29 heavy (non-hydrogen) atoms. The molecule has 0 aromatic heterocycles. The van der Waals surface area contributed by atoms with Gasteiger partial charge in [0.25, 0.3) is 0 Å². The number of allylic oxidation sites excluding steroid dienone is 1. The van der Waals surface area contributed by atoms with Gasteiger partial charge in [-0.3, -0.25) is 0 Å². The van der Waals surface area contributed by atoms with Crippen LogP contribution in [0.4, 0.5) is 0 Å². The molecule has 2 saturated carbocycles. The Morgan fingerprint density at radius 1 is 0.690 bits per heavy atom. The molecule has 0 radical (unpaired) electrons. The zero-order valence-corrected chi connectivity index (χ0v) is 18.0. The molecule has 2 aromatic carbocycles. The average molecular weight is 389 g/mol. The second kappa shape index (κ2) is 9.76. The molecule has 4 rings (SSSR count). The van der Waals surface area contributed by atoms with Crippen LogP contribution in [0.15, 0.2) is 61.2 Å². The van der Waals surface area contributed by atoms with Crippen molar-refractivity contribution in [3.8, 4) is 0 Å². The van der Waals surface area contributed by atoms with Crippen molar-refractivity contribution in [3.05, 3.63) is 83.4 Å². The van der Waals surface area contributed by atoms with Crippen molar-refractivity contribution < 1.29 is 4.74 Å².